The molecular formula is C18H26F2O. The van der Waals surface area contributed by atoms with E-state index in [1.165, 1.54) is 25.3 Å². The highest BCUT2D eigenvalue weighted by atomic mass is 19.2. The summed E-state index contributed by atoms with van der Waals surface area (Å²) in [6, 6.07) is 4.18. The topological polar surface area (TPSA) is 20.2 Å². The summed E-state index contributed by atoms with van der Waals surface area (Å²) >= 11 is 0. The van der Waals surface area contributed by atoms with Gasteiger partial charge in [-0.1, -0.05) is 51.2 Å². The third-order valence-corrected chi connectivity index (χ3v) is 4.86. The molecule has 1 aromatic rings. The van der Waals surface area contributed by atoms with Crippen molar-refractivity contribution in [3.63, 3.8) is 0 Å². The van der Waals surface area contributed by atoms with Gasteiger partial charge in [0.2, 0.25) is 0 Å². The van der Waals surface area contributed by atoms with E-state index in [1.54, 1.807) is 6.07 Å². The molecule has 0 amide bonds. The Balaban J connectivity index is 1.84. The summed E-state index contributed by atoms with van der Waals surface area (Å²) in [6.07, 6.45) is 7.80. The molecule has 118 valence electrons. The van der Waals surface area contributed by atoms with Crippen LogP contribution in [0, 0.1) is 23.5 Å². The number of aliphatic hydroxyl groups is 1. The standard InChI is InChI=1S/C18H26F2O/c1-2-3-5-13-8-10-14(11-9-13)17(21)12-15-6-4-7-16(19)18(15)20/h4,6-7,13-14,17,21H,2-3,5,8-12H2,1H3. The van der Waals surface area contributed by atoms with Gasteiger partial charge in [0, 0.05) is 6.42 Å². The van der Waals surface area contributed by atoms with E-state index in [2.05, 4.69) is 6.92 Å². The molecule has 1 aliphatic carbocycles. The molecule has 1 aromatic carbocycles. The summed E-state index contributed by atoms with van der Waals surface area (Å²) < 4.78 is 26.8. The second-order valence-electron chi connectivity index (χ2n) is 6.41. The zero-order valence-corrected chi connectivity index (χ0v) is 12.8. The van der Waals surface area contributed by atoms with Crippen molar-refractivity contribution in [3.05, 3.63) is 35.4 Å². The van der Waals surface area contributed by atoms with Gasteiger partial charge in [-0.3, -0.25) is 0 Å². The van der Waals surface area contributed by atoms with Gasteiger partial charge < -0.3 is 5.11 Å². The zero-order chi connectivity index (χ0) is 15.2. The summed E-state index contributed by atoms with van der Waals surface area (Å²) in [5.74, 6) is -0.624. The van der Waals surface area contributed by atoms with Gasteiger partial charge in [-0.25, -0.2) is 8.78 Å². The van der Waals surface area contributed by atoms with E-state index in [0.29, 0.717) is 0 Å². The lowest BCUT2D eigenvalue weighted by atomic mass is 9.76. The first-order chi connectivity index (χ1) is 10.1. The predicted octanol–water partition coefficient (Wildman–Crippen LogP) is 4.86. The Morgan fingerprint density at radius 2 is 1.90 bits per heavy atom. The highest BCUT2D eigenvalue weighted by Crippen LogP contribution is 2.34. The van der Waals surface area contributed by atoms with Crippen LogP contribution in [0.3, 0.4) is 0 Å². The first kappa shape index (κ1) is 16.4. The first-order valence-electron chi connectivity index (χ1n) is 8.22. The van der Waals surface area contributed by atoms with Crippen LogP contribution < -0.4 is 0 Å². The molecule has 0 bridgehead atoms. The molecule has 1 unspecified atom stereocenters. The van der Waals surface area contributed by atoms with Gasteiger partial charge in [0.05, 0.1) is 6.10 Å². The van der Waals surface area contributed by atoms with Crippen LogP contribution in [-0.4, -0.2) is 11.2 Å². The van der Waals surface area contributed by atoms with Gasteiger partial charge >= 0.3 is 0 Å². The Morgan fingerprint density at radius 3 is 2.57 bits per heavy atom. The van der Waals surface area contributed by atoms with Crippen molar-refractivity contribution in [3.8, 4) is 0 Å². The molecule has 0 radical (unpaired) electrons. The van der Waals surface area contributed by atoms with Crippen molar-refractivity contribution in [1.29, 1.82) is 0 Å². The molecule has 3 heteroatoms. The molecule has 1 N–H and O–H groups in total. The number of unbranched alkanes of at least 4 members (excludes halogenated alkanes) is 1. The second-order valence-corrected chi connectivity index (χ2v) is 6.41. The van der Waals surface area contributed by atoms with Gasteiger partial charge in [-0.15, -0.1) is 0 Å². The molecule has 0 saturated heterocycles. The monoisotopic (exact) mass is 296 g/mol. The summed E-state index contributed by atoms with van der Waals surface area (Å²) in [6.45, 7) is 2.21. The smallest absolute Gasteiger partial charge is 0.162 e. The van der Waals surface area contributed by atoms with Crippen molar-refractivity contribution >= 4 is 0 Å². The van der Waals surface area contributed by atoms with Gasteiger partial charge in [-0.05, 0) is 36.3 Å². The van der Waals surface area contributed by atoms with Crippen LogP contribution in [-0.2, 0) is 6.42 Å². The van der Waals surface area contributed by atoms with Crippen LogP contribution in [0.2, 0.25) is 0 Å². The van der Waals surface area contributed by atoms with E-state index < -0.39 is 17.7 Å². The highest BCUT2D eigenvalue weighted by molar-refractivity contribution is 5.19. The van der Waals surface area contributed by atoms with Gasteiger partial charge in [0.15, 0.2) is 11.6 Å². The average Bonchev–Trinajstić information content (AvgIpc) is 2.50. The molecule has 1 saturated carbocycles. The minimum absolute atomic E-state index is 0.216. The second kappa shape index (κ2) is 7.88. The van der Waals surface area contributed by atoms with Crippen LogP contribution in [0.25, 0.3) is 0 Å². The Kier molecular flexibility index (Phi) is 6.16. The van der Waals surface area contributed by atoms with Crippen LogP contribution in [0.5, 0.6) is 0 Å². The molecule has 0 spiro atoms. The van der Waals surface area contributed by atoms with Crippen LogP contribution in [0.15, 0.2) is 18.2 Å². The van der Waals surface area contributed by atoms with Gasteiger partial charge in [0.1, 0.15) is 0 Å². The van der Waals surface area contributed by atoms with Crippen molar-refractivity contribution in [2.45, 2.75) is 64.4 Å². The molecule has 21 heavy (non-hydrogen) atoms. The fraction of sp³-hybridized carbons (Fsp3) is 0.667. The van der Waals surface area contributed by atoms with Crippen LogP contribution >= 0.6 is 0 Å². The lowest BCUT2D eigenvalue weighted by Gasteiger charge is -2.31. The average molecular weight is 296 g/mol. The molecule has 0 aromatic heterocycles. The molecule has 2 rings (SSSR count). The van der Waals surface area contributed by atoms with Gasteiger partial charge in [-0.2, -0.15) is 0 Å². The lowest BCUT2D eigenvalue weighted by Crippen LogP contribution is -2.28. The maximum Gasteiger partial charge on any atom is 0.162 e. The van der Waals surface area contributed by atoms with E-state index in [1.807, 2.05) is 0 Å². The maximum absolute atomic E-state index is 13.6. The van der Waals surface area contributed by atoms with Crippen molar-refractivity contribution in [1.82, 2.24) is 0 Å². The third-order valence-electron chi connectivity index (χ3n) is 4.86. The Hall–Kier alpha value is -0.960. The van der Waals surface area contributed by atoms with Crippen molar-refractivity contribution in [2.24, 2.45) is 11.8 Å². The third kappa shape index (κ3) is 4.50. The number of halogens is 2. The molecule has 1 atom stereocenters. The number of rotatable bonds is 6. The SMILES string of the molecule is CCCCC1CCC(C(O)Cc2cccc(F)c2F)CC1. The summed E-state index contributed by atoms with van der Waals surface area (Å²) in [5.41, 5.74) is 0.288. The predicted molar refractivity (Wildman–Crippen MR) is 81.0 cm³/mol. The Bertz CT molecular complexity index is 439. The molecule has 1 aliphatic rings. The van der Waals surface area contributed by atoms with E-state index >= 15 is 0 Å². The first-order valence-corrected chi connectivity index (χ1v) is 8.22. The normalized spacial score (nSPS) is 24.0. The van der Waals surface area contributed by atoms with Gasteiger partial charge in [0.25, 0.3) is 0 Å². The molecule has 1 nitrogen and oxygen atoms in total. The lowest BCUT2D eigenvalue weighted by molar-refractivity contribution is 0.0718. The van der Waals surface area contributed by atoms with Crippen LogP contribution in [0.1, 0.15) is 57.4 Å². The quantitative estimate of drug-likeness (QED) is 0.794. The van der Waals surface area contributed by atoms with E-state index in [0.717, 1.165) is 37.7 Å². The summed E-state index contributed by atoms with van der Waals surface area (Å²) in [4.78, 5) is 0. The fourth-order valence-electron chi connectivity index (χ4n) is 3.45. The van der Waals surface area contributed by atoms with Crippen LogP contribution in [0.4, 0.5) is 8.78 Å². The zero-order valence-electron chi connectivity index (χ0n) is 12.8. The molecule has 0 aliphatic heterocycles. The summed E-state index contributed by atoms with van der Waals surface area (Å²) in [5, 5.41) is 10.3. The summed E-state index contributed by atoms with van der Waals surface area (Å²) in [7, 11) is 0. The number of hydrogen-bond donors (Lipinski definition) is 1. The van der Waals surface area contributed by atoms with E-state index in [4.69, 9.17) is 0 Å². The highest BCUT2D eigenvalue weighted by Gasteiger charge is 2.27. The minimum atomic E-state index is -0.831. The Morgan fingerprint density at radius 1 is 1.19 bits per heavy atom. The van der Waals surface area contributed by atoms with Crippen molar-refractivity contribution < 1.29 is 13.9 Å². The number of aliphatic hydroxyl groups excluding tert-OH is 1. The maximum atomic E-state index is 13.6. The number of benzene rings is 1. The molecule has 1 fully saturated rings. The molecule has 0 heterocycles. The number of hydrogen-bond acceptors (Lipinski definition) is 1. The van der Waals surface area contributed by atoms with E-state index in [-0.39, 0.29) is 17.9 Å². The largest absolute Gasteiger partial charge is 0.392 e. The molecular weight excluding hydrogens is 270 g/mol. The minimum Gasteiger partial charge on any atom is -0.392 e. The fourth-order valence-corrected chi connectivity index (χ4v) is 3.45. The van der Waals surface area contributed by atoms with E-state index in [9.17, 15) is 13.9 Å². The Labute approximate surface area is 126 Å². The van der Waals surface area contributed by atoms with Crippen molar-refractivity contribution in [2.75, 3.05) is 0 Å².